The van der Waals surface area contributed by atoms with E-state index in [1.165, 1.54) is 23.9 Å². The van der Waals surface area contributed by atoms with Gasteiger partial charge in [-0.05, 0) is 45.2 Å². The van der Waals surface area contributed by atoms with Gasteiger partial charge in [-0.15, -0.1) is 11.8 Å². The number of amides is 1. The molecule has 0 bridgehead atoms. The number of carbonyl (C=O) groups is 1. The average molecular weight is 285 g/mol. The molecule has 3 nitrogen and oxygen atoms in total. The van der Waals surface area contributed by atoms with Crippen molar-refractivity contribution in [2.75, 3.05) is 19.3 Å². The molecule has 1 rings (SSSR count). The van der Waals surface area contributed by atoms with Crippen molar-refractivity contribution in [3.63, 3.8) is 0 Å². The second kappa shape index (κ2) is 6.39. The minimum absolute atomic E-state index is 0.195. The second-order valence-corrected chi connectivity index (χ2v) is 5.83. The van der Waals surface area contributed by atoms with Crippen molar-refractivity contribution in [1.29, 1.82) is 0 Å². The maximum atomic E-state index is 13.4. The smallest absolute Gasteiger partial charge is 0.253 e. The van der Waals surface area contributed by atoms with Crippen LogP contribution >= 0.6 is 11.8 Å². The minimum atomic E-state index is -0.950. The number of carbonyl (C=O) groups excluding carboxylic acids is 1. The number of thioether (sulfide) groups is 1. The monoisotopic (exact) mass is 285 g/mol. The molecule has 0 aliphatic rings. The summed E-state index contributed by atoms with van der Waals surface area (Å²) in [5.41, 5.74) is -0.509. The van der Waals surface area contributed by atoms with E-state index in [-0.39, 0.29) is 18.3 Å². The molecule has 0 saturated heterocycles. The van der Waals surface area contributed by atoms with Crippen molar-refractivity contribution >= 4 is 17.7 Å². The van der Waals surface area contributed by atoms with Gasteiger partial charge in [-0.2, -0.15) is 0 Å². The predicted molar refractivity (Wildman–Crippen MR) is 76.1 cm³/mol. The van der Waals surface area contributed by atoms with Gasteiger partial charge in [0, 0.05) is 23.5 Å². The van der Waals surface area contributed by atoms with Crippen LogP contribution in [0.25, 0.3) is 0 Å². The Labute approximate surface area is 117 Å². The van der Waals surface area contributed by atoms with Gasteiger partial charge in [0.25, 0.3) is 5.91 Å². The summed E-state index contributed by atoms with van der Waals surface area (Å²) in [4.78, 5) is 14.3. The summed E-state index contributed by atoms with van der Waals surface area (Å²) in [5, 5.41) is 9.80. The zero-order valence-corrected chi connectivity index (χ0v) is 12.6. The van der Waals surface area contributed by atoms with Crippen LogP contribution in [0.4, 0.5) is 4.39 Å². The first-order chi connectivity index (χ1) is 8.78. The molecule has 19 heavy (non-hydrogen) atoms. The van der Waals surface area contributed by atoms with Gasteiger partial charge in [0.2, 0.25) is 0 Å². The zero-order chi connectivity index (χ0) is 14.6. The van der Waals surface area contributed by atoms with Crippen LogP contribution < -0.4 is 0 Å². The van der Waals surface area contributed by atoms with Crippen molar-refractivity contribution in [2.24, 2.45) is 0 Å². The number of halogens is 1. The van der Waals surface area contributed by atoms with Crippen LogP contribution in [0.5, 0.6) is 0 Å². The van der Waals surface area contributed by atoms with Crippen molar-refractivity contribution in [3.05, 3.63) is 29.6 Å². The summed E-state index contributed by atoms with van der Waals surface area (Å²) in [7, 11) is 0. The van der Waals surface area contributed by atoms with Crippen molar-refractivity contribution in [1.82, 2.24) is 4.90 Å². The Morgan fingerprint density at radius 1 is 1.47 bits per heavy atom. The van der Waals surface area contributed by atoms with Crippen LogP contribution in [0.2, 0.25) is 0 Å². The molecule has 0 aromatic heterocycles. The first kappa shape index (κ1) is 16.0. The number of nitrogens with zero attached hydrogens (tertiary/aromatic N) is 1. The molecule has 1 amide bonds. The van der Waals surface area contributed by atoms with Gasteiger partial charge in [-0.25, -0.2) is 4.39 Å². The fourth-order valence-corrected chi connectivity index (χ4v) is 2.28. The zero-order valence-electron chi connectivity index (χ0n) is 11.7. The number of aliphatic hydroxyl groups is 1. The summed E-state index contributed by atoms with van der Waals surface area (Å²) in [6.45, 7) is 5.90. The molecule has 0 aliphatic heterocycles. The van der Waals surface area contributed by atoms with E-state index in [2.05, 4.69) is 0 Å². The van der Waals surface area contributed by atoms with Crippen LogP contribution in [0, 0.1) is 5.82 Å². The van der Waals surface area contributed by atoms with E-state index >= 15 is 0 Å². The van der Waals surface area contributed by atoms with Crippen LogP contribution in [-0.4, -0.2) is 40.9 Å². The highest BCUT2D eigenvalue weighted by Crippen LogP contribution is 2.21. The standard InChI is InChI=1S/C14H20FNO2S/c1-5-16(9-14(2,3)18)13(17)10-6-7-11(15)12(8-10)19-4/h6-8,18H,5,9H2,1-4H3. The Kier molecular flexibility index (Phi) is 5.38. The van der Waals surface area contributed by atoms with Crippen LogP contribution in [0.3, 0.4) is 0 Å². The Bertz CT molecular complexity index is 457. The first-order valence-corrected chi connectivity index (χ1v) is 7.36. The molecule has 5 heteroatoms. The number of rotatable bonds is 5. The maximum absolute atomic E-state index is 13.4. The summed E-state index contributed by atoms with van der Waals surface area (Å²) in [6.07, 6.45) is 1.76. The highest BCUT2D eigenvalue weighted by molar-refractivity contribution is 7.98. The molecular weight excluding hydrogens is 265 g/mol. The first-order valence-electron chi connectivity index (χ1n) is 6.13. The van der Waals surface area contributed by atoms with E-state index in [1.54, 1.807) is 31.1 Å². The topological polar surface area (TPSA) is 40.5 Å². The Balaban J connectivity index is 2.97. The van der Waals surface area contributed by atoms with Crippen molar-refractivity contribution in [3.8, 4) is 0 Å². The average Bonchev–Trinajstić information content (AvgIpc) is 2.34. The Hall–Kier alpha value is -1.07. The second-order valence-electron chi connectivity index (χ2n) is 4.98. The van der Waals surface area contributed by atoms with Gasteiger partial charge in [0.15, 0.2) is 0 Å². The van der Waals surface area contributed by atoms with Gasteiger partial charge in [-0.3, -0.25) is 4.79 Å². The predicted octanol–water partition coefficient (Wildman–Crippen LogP) is 2.78. The molecule has 0 unspecified atom stereocenters. The normalized spacial score (nSPS) is 11.5. The van der Waals surface area contributed by atoms with Crippen LogP contribution in [0.1, 0.15) is 31.1 Å². The lowest BCUT2D eigenvalue weighted by molar-refractivity contribution is 0.0314. The SMILES string of the molecule is CCN(CC(C)(C)O)C(=O)c1ccc(F)c(SC)c1. The Morgan fingerprint density at radius 2 is 2.11 bits per heavy atom. The molecule has 0 radical (unpaired) electrons. The van der Waals surface area contributed by atoms with E-state index in [1.807, 2.05) is 6.92 Å². The molecule has 0 fully saturated rings. The van der Waals surface area contributed by atoms with E-state index in [4.69, 9.17) is 0 Å². The summed E-state index contributed by atoms with van der Waals surface area (Å²) in [5.74, 6) is -0.519. The molecule has 1 aromatic carbocycles. The molecule has 0 saturated carbocycles. The molecule has 0 heterocycles. The molecule has 0 aliphatic carbocycles. The highest BCUT2D eigenvalue weighted by Gasteiger charge is 2.22. The fraction of sp³-hybridized carbons (Fsp3) is 0.500. The lowest BCUT2D eigenvalue weighted by Gasteiger charge is -2.28. The number of likely N-dealkylation sites (N-methyl/N-ethyl adjacent to an activating group) is 1. The molecular formula is C14H20FNO2S. The van der Waals surface area contributed by atoms with E-state index in [9.17, 15) is 14.3 Å². The number of benzene rings is 1. The third-order valence-electron chi connectivity index (χ3n) is 2.64. The van der Waals surface area contributed by atoms with E-state index in [0.29, 0.717) is 17.0 Å². The third-order valence-corrected chi connectivity index (χ3v) is 3.40. The summed E-state index contributed by atoms with van der Waals surface area (Å²) < 4.78 is 13.4. The minimum Gasteiger partial charge on any atom is -0.389 e. The van der Waals surface area contributed by atoms with Gasteiger partial charge < -0.3 is 10.0 Å². The van der Waals surface area contributed by atoms with Gasteiger partial charge in [-0.1, -0.05) is 0 Å². The third kappa shape index (κ3) is 4.51. The van der Waals surface area contributed by atoms with E-state index in [0.717, 1.165) is 0 Å². The maximum Gasteiger partial charge on any atom is 0.253 e. The van der Waals surface area contributed by atoms with Crippen molar-refractivity contribution in [2.45, 2.75) is 31.3 Å². The van der Waals surface area contributed by atoms with Gasteiger partial charge in [0.1, 0.15) is 5.82 Å². The highest BCUT2D eigenvalue weighted by atomic mass is 32.2. The summed E-state index contributed by atoms with van der Waals surface area (Å²) in [6, 6.07) is 4.33. The lowest BCUT2D eigenvalue weighted by Crippen LogP contribution is -2.42. The molecule has 1 aromatic rings. The van der Waals surface area contributed by atoms with Gasteiger partial charge in [0.05, 0.1) is 5.60 Å². The van der Waals surface area contributed by atoms with Gasteiger partial charge >= 0.3 is 0 Å². The summed E-state index contributed by atoms with van der Waals surface area (Å²) >= 11 is 1.26. The molecule has 0 atom stereocenters. The number of hydrogen-bond acceptors (Lipinski definition) is 3. The lowest BCUT2D eigenvalue weighted by atomic mass is 10.1. The molecule has 0 spiro atoms. The largest absolute Gasteiger partial charge is 0.389 e. The number of hydrogen-bond donors (Lipinski definition) is 1. The van der Waals surface area contributed by atoms with Crippen LogP contribution in [-0.2, 0) is 0 Å². The van der Waals surface area contributed by atoms with Crippen LogP contribution in [0.15, 0.2) is 23.1 Å². The quantitative estimate of drug-likeness (QED) is 0.846. The molecule has 1 N–H and O–H groups in total. The molecule has 106 valence electrons. The Morgan fingerprint density at radius 3 is 2.58 bits per heavy atom. The fourth-order valence-electron chi connectivity index (χ4n) is 1.77. The van der Waals surface area contributed by atoms with Crippen molar-refractivity contribution < 1.29 is 14.3 Å². The van der Waals surface area contributed by atoms with E-state index < -0.39 is 5.60 Å².